The van der Waals surface area contributed by atoms with E-state index in [1.165, 1.54) is 16.7 Å². The van der Waals surface area contributed by atoms with Crippen LogP contribution in [0.3, 0.4) is 0 Å². The van der Waals surface area contributed by atoms with E-state index in [9.17, 15) is 9.90 Å². The van der Waals surface area contributed by atoms with Crippen molar-refractivity contribution in [3.63, 3.8) is 0 Å². The number of carbonyl (C=O) groups is 1. The van der Waals surface area contributed by atoms with Crippen LogP contribution in [0.1, 0.15) is 35.1 Å². The minimum atomic E-state index is -0.537. The standard InChI is InChI=1S/C23H28N2O3/c1-15-3-4-18(16(2)11-15)13-25-10-9-22(21(26)14-25)28-19-7-5-17-6-8-23(27)24-20(17)12-19/h3-5,7,11-12,21-22,26H,6,8-10,13-14H2,1-2H3,(H,24,27)/t21-,22-/m1/s1. The second kappa shape index (κ2) is 7.94. The zero-order chi connectivity index (χ0) is 19.7. The molecule has 0 spiro atoms. The van der Waals surface area contributed by atoms with E-state index in [-0.39, 0.29) is 12.0 Å². The molecule has 5 heteroatoms. The third-order valence-electron chi connectivity index (χ3n) is 5.76. The largest absolute Gasteiger partial charge is 0.488 e. The lowest BCUT2D eigenvalue weighted by molar-refractivity contribution is -0.116. The molecule has 1 amide bonds. The molecule has 0 aliphatic carbocycles. The maximum Gasteiger partial charge on any atom is 0.224 e. The highest BCUT2D eigenvalue weighted by Crippen LogP contribution is 2.29. The summed E-state index contributed by atoms with van der Waals surface area (Å²) in [4.78, 5) is 13.9. The molecule has 0 saturated carbocycles. The Morgan fingerprint density at radius 1 is 1.18 bits per heavy atom. The van der Waals surface area contributed by atoms with Gasteiger partial charge in [-0.25, -0.2) is 0 Å². The molecule has 2 atom stereocenters. The second-order valence-electron chi connectivity index (χ2n) is 8.04. The Bertz CT molecular complexity index is 880. The van der Waals surface area contributed by atoms with Gasteiger partial charge < -0.3 is 15.2 Å². The number of piperidine rings is 1. The first-order valence-corrected chi connectivity index (χ1v) is 10.0. The van der Waals surface area contributed by atoms with Crippen molar-refractivity contribution in [3.05, 3.63) is 58.7 Å². The van der Waals surface area contributed by atoms with Gasteiger partial charge >= 0.3 is 0 Å². The number of benzene rings is 2. The lowest BCUT2D eigenvalue weighted by Gasteiger charge is -2.36. The van der Waals surface area contributed by atoms with E-state index >= 15 is 0 Å². The van der Waals surface area contributed by atoms with Crippen molar-refractivity contribution in [1.29, 1.82) is 0 Å². The number of ether oxygens (including phenoxy) is 1. The van der Waals surface area contributed by atoms with Crippen molar-refractivity contribution in [2.45, 2.75) is 51.9 Å². The number of likely N-dealkylation sites (tertiary alicyclic amines) is 1. The predicted molar refractivity (Wildman–Crippen MR) is 110 cm³/mol. The highest BCUT2D eigenvalue weighted by Gasteiger charge is 2.29. The van der Waals surface area contributed by atoms with Crippen molar-refractivity contribution in [3.8, 4) is 5.75 Å². The molecule has 28 heavy (non-hydrogen) atoms. The Balaban J connectivity index is 1.37. The number of β-amino-alcohol motifs (C(OH)–C–C–N with tert-alkyl or cyclic N) is 1. The second-order valence-corrected chi connectivity index (χ2v) is 8.04. The van der Waals surface area contributed by atoms with Gasteiger partial charge in [0, 0.05) is 37.8 Å². The molecular weight excluding hydrogens is 352 g/mol. The fraction of sp³-hybridized carbons (Fsp3) is 0.435. The van der Waals surface area contributed by atoms with Crippen LogP contribution in [0.2, 0.25) is 0 Å². The number of aliphatic hydroxyl groups is 1. The third-order valence-corrected chi connectivity index (χ3v) is 5.76. The van der Waals surface area contributed by atoms with Gasteiger partial charge in [0.05, 0.1) is 0 Å². The predicted octanol–water partition coefficient (Wildman–Crippen LogP) is 3.20. The summed E-state index contributed by atoms with van der Waals surface area (Å²) < 4.78 is 6.08. The van der Waals surface area contributed by atoms with Gasteiger partial charge in [-0.05, 0) is 49.4 Å². The maximum absolute atomic E-state index is 11.6. The summed E-state index contributed by atoms with van der Waals surface area (Å²) in [5.41, 5.74) is 5.84. The first kappa shape index (κ1) is 19.0. The minimum Gasteiger partial charge on any atom is -0.488 e. The quantitative estimate of drug-likeness (QED) is 0.855. The molecule has 2 N–H and O–H groups in total. The Kier molecular flexibility index (Phi) is 5.38. The van der Waals surface area contributed by atoms with Crippen LogP contribution in [0.25, 0.3) is 0 Å². The molecular formula is C23H28N2O3. The van der Waals surface area contributed by atoms with Crippen LogP contribution in [0.15, 0.2) is 36.4 Å². The number of hydrogen-bond donors (Lipinski definition) is 2. The molecule has 148 valence electrons. The summed E-state index contributed by atoms with van der Waals surface area (Å²) in [7, 11) is 0. The molecule has 4 rings (SSSR count). The van der Waals surface area contributed by atoms with Gasteiger partial charge in [-0.3, -0.25) is 9.69 Å². The SMILES string of the molecule is Cc1ccc(CN2CC[C@@H](Oc3ccc4c(c3)NC(=O)CC4)[C@H](O)C2)c(C)c1. The van der Waals surface area contributed by atoms with Crippen LogP contribution < -0.4 is 10.1 Å². The molecule has 0 unspecified atom stereocenters. The van der Waals surface area contributed by atoms with Gasteiger partial charge in [-0.15, -0.1) is 0 Å². The van der Waals surface area contributed by atoms with Crippen molar-refractivity contribution >= 4 is 11.6 Å². The number of aryl methyl sites for hydroxylation is 3. The van der Waals surface area contributed by atoms with Gasteiger partial charge in [0.2, 0.25) is 5.91 Å². The topological polar surface area (TPSA) is 61.8 Å². The third kappa shape index (κ3) is 4.21. The van der Waals surface area contributed by atoms with Crippen LogP contribution >= 0.6 is 0 Å². The number of amides is 1. The average Bonchev–Trinajstić information content (AvgIpc) is 2.66. The van der Waals surface area contributed by atoms with Gasteiger partial charge in [0.15, 0.2) is 0 Å². The zero-order valence-electron chi connectivity index (χ0n) is 16.6. The Hall–Kier alpha value is -2.37. The molecule has 1 saturated heterocycles. The van der Waals surface area contributed by atoms with Crippen LogP contribution in [0.4, 0.5) is 5.69 Å². The highest BCUT2D eigenvalue weighted by atomic mass is 16.5. The van der Waals surface area contributed by atoms with E-state index in [0.717, 1.165) is 37.2 Å². The van der Waals surface area contributed by atoms with Crippen molar-refractivity contribution in [2.24, 2.45) is 0 Å². The van der Waals surface area contributed by atoms with Crippen LogP contribution in [-0.4, -0.2) is 41.2 Å². The van der Waals surface area contributed by atoms with Gasteiger partial charge in [0.25, 0.3) is 0 Å². The number of nitrogens with one attached hydrogen (secondary N) is 1. The maximum atomic E-state index is 11.6. The molecule has 0 bridgehead atoms. The smallest absolute Gasteiger partial charge is 0.224 e. The summed E-state index contributed by atoms with van der Waals surface area (Å²) in [6.45, 7) is 6.58. The molecule has 2 aliphatic rings. The molecule has 0 aromatic heterocycles. The lowest BCUT2D eigenvalue weighted by atomic mass is 10.0. The summed E-state index contributed by atoms with van der Waals surface area (Å²) >= 11 is 0. The Morgan fingerprint density at radius 2 is 2.04 bits per heavy atom. The number of aliphatic hydroxyl groups excluding tert-OH is 1. The van der Waals surface area contributed by atoms with E-state index in [1.807, 2.05) is 18.2 Å². The highest BCUT2D eigenvalue weighted by molar-refractivity contribution is 5.94. The summed E-state index contributed by atoms with van der Waals surface area (Å²) in [5, 5.41) is 13.5. The number of anilines is 1. The molecule has 2 aromatic rings. The van der Waals surface area contributed by atoms with E-state index in [1.54, 1.807) is 0 Å². The molecule has 1 fully saturated rings. The Labute approximate surface area is 166 Å². The fourth-order valence-corrected chi connectivity index (χ4v) is 4.12. The van der Waals surface area contributed by atoms with Crippen LogP contribution in [0.5, 0.6) is 5.75 Å². The minimum absolute atomic E-state index is 0.0457. The summed E-state index contributed by atoms with van der Waals surface area (Å²) in [6, 6.07) is 12.3. The molecule has 2 heterocycles. The van der Waals surface area contributed by atoms with Gasteiger partial charge in [-0.2, -0.15) is 0 Å². The molecule has 2 aliphatic heterocycles. The van der Waals surface area contributed by atoms with E-state index in [4.69, 9.17) is 4.74 Å². The van der Waals surface area contributed by atoms with E-state index in [2.05, 4.69) is 42.3 Å². The van der Waals surface area contributed by atoms with Crippen molar-refractivity contribution < 1.29 is 14.6 Å². The number of carbonyl (C=O) groups excluding carboxylic acids is 1. The van der Waals surface area contributed by atoms with E-state index < -0.39 is 6.10 Å². The number of fused-ring (bicyclic) bond motifs is 1. The molecule has 0 radical (unpaired) electrons. The lowest BCUT2D eigenvalue weighted by Crippen LogP contribution is -2.48. The summed E-state index contributed by atoms with van der Waals surface area (Å²) in [6.07, 6.45) is 1.30. The monoisotopic (exact) mass is 380 g/mol. The van der Waals surface area contributed by atoms with Crippen LogP contribution in [-0.2, 0) is 17.8 Å². The van der Waals surface area contributed by atoms with Crippen LogP contribution in [0, 0.1) is 13.8 Å². The summed E-state index contributed by atoms with van der Waals surface area (Å²) in [5.74, 6) is 0.747. The van der Waals surface area contributed by atoms with Gasteiger partial charge in [-0.1, -0.05) is 29.8 Å². The first-order valence-electron chi connectivity index (χ1n) is 10.0. The van der Waals surface area contributed by atoms with Crippen molar-refractivity contribution in [1.82, 2.24) is 4.90 Å². The average molecular weight is 380 g/mol. The number of nitrogens with zero attached hydrogens (tertiary/aromatic N) is 1. The van der Waals surface area contributed by atoms with Crippen molar-refractivity contribution in [2.75, 3.05) is 18.4 Å². The zero-order valence-corrected chi connectivity index (χ0v) is 16.6. The number of hydrogen-bond acceptors (Lipinski definition) is 4. The van der Waals surface area contributed by atoms with E-state index in [0.29, 0.717) is 18.7 Å². The molecule has 5 nitrogen and oxygen atoms in total. The fourth-order valence-electron chi connectivity index (χ4n) is 4.12. The number of rotatable bonds is 4. The Morgan fingerprint density at radius 3 is 2.82 bits per heavy atom. The molecule has 2 aromatic carbocycles. The normalized spacial score (nSPS) is 22.5. The van der Waals surface area contributed by atoms with Gasteiger partial charge in [0.1, 0.15) is 18.0 Å². The first-order chi connectivity index (χ1) is 13.5.